The summed E-state index contributed by atoms with van der Waals surface area (Å²) in [4.78, 5) is 0. The second-order valence-corrected chi connectivity index (χ2v) is 5.83. The molecular formula is C14H36O6Si2. The minimum atomic E-state index is -1.40. The maximum absolute atomic E-state index is 5.18. The van der Waals surface area contributed by atoms with Crippen LogP contribution in [0, 0.1) is 0 Å². The zero-order valence-corrected chi connectivity index (χ0v) is 17.7. The highest BCUT2D eigenvalue weighted by molar-refractivity contribution is 6.36. The molecule has 0 aromatic heterocycles. The van der Waals surface area contributed by atoms with Gasteiger partial charge in [0.15, 0.2) is 0 Å². The van der Waals surface area contributed by atoms with E-state index < -0.39 is 19.1 Å². The third-order valence-corrected chi connectivity index (χ3v) is 4.72. The van der Waals surface area contributed by atoms with Crippen LogP contribution in [0.2, 0.25) is 0 Å². The molecule has 0 saturated heterocycles. The molecule has 22 heavy (non-hydrogen) atoms. The van der Waals surface area contributed by atoms with Crippen LogP contribution < -0.4 is 0 Å². The van der Waals surface area contributed by atoms with E-state index in [1.165, 1.54) is 0 Å². The number of rotatable bonds is 12. The van der Waals surface area contributed by atoms with E-state index in [-0.39, 0.29) is 0 Å². The molecular weight excluding hydrogens is 320 g/mol. The van der Waals surface area contributed by atoms with Crippen molar-refractivity contribution in [3.05, 3.63) is 0 Å². The fourth-order valence-corrected chi connectivity index (χ4v) is 2.87. The summed E-state index contributed by atoms with van der Waals surface area (Å²) in [6.45, 7) is 19.6. The second-order valence-electron chi connectivity index (χ2n) is 3.10. The van der Waals surface area contributed by atoms with Gasteiger partial charge in [0.2, 0.25) is 0 Å². The molecule has 0 aromatic carbocycles. The van der Waals surface area contributed by atoms with Gasteiger partial charge in [-0.05, 0) is 41.5 Å². The molecule has 0 bridgehead atoms. The zero-order valence-electron chi connectivity index (χ0n) is 15.7. The van der Waals surface area contributed by atoms with Crippen LogP contribution in [0.5, 0.6) is 0 Å². The molecule has 2 radical (unpaired) electrons. The van der Waals surface area contributed by atoms with Gasteiger partial charge in [-0.1, -0.05) is 13.8 Å². The summed E-state index contributed by atoms with van der Waals surface area (Å²) in [5.74, 6) is 0. The molecule has 136 valence electrons. The Kier molecular flexibility index (Phi) is 32.1. The Morgan fingerprint density at radius 1 is 0.409 bits per heavy atom. The van der Waals surface area contributed by atoms with Gasteiger partial charge in [-0.3, -0.25) is 0 Å². The van der Waals surface area contributed by atoms with Crippen molar-refractivity contribution in [1.82, 2.24) is 0 Å². The highest BCUT2D eigenvalue weighted by Gasteiger charge is 2.16. The number of hydrogen-bond acceptors (Lipinski definition) is 6. The number of hydrogen-bond donors (Lipinski definition) is 0. The first kappa shape index (κ1) is 27.1. The first-order valence-electron chi connectivity index (χ1n) is 8.20. The molecule has 0 aliphatic rings. The molecule has 0 saturated carbocycles. The van der Waals surface area contributed by atoms with E-state index in [4.69, 9.17) is 26.6 Å². The summed E-state index contributed by atoms with van der Waals surface area (Å²) < 4.78 is 31.1. The highest BCUT2D eigenvalue weighted by Crippen LogP contribution is 1.91. The second kappa shape index (κ2) is 26.1. The van der Waals surface area contributed by atoms with Gasteiger partial charge < -0.3 is 26.6 Å². The fraction of sp³-hybridized carbons (Fsp3) is 1.00. The van der Waals surface area contributed by atoms with Crippen LogP contribution in [0.4, 0.5) is 0 Å². The van der Waals surface area contributed by atoms with Crippen molar-refractivity contribution in [3.8, 4) is 0 Å². The Bertz CT molecular complexity index is 131. The van der Waals surface area contributed by atoms with Crippen LogP contribution in [0.1, 0.15) is 55.4 Å². The van der Waals surface area contributed by atoms with Gasteiger partial charge in [-0.25, -0.2) is 0 Å². The maximum Gasteiger partial charge on any atom is 0.577 e. The quantitative estimate of drug-likeness (QED) is 0.501. The Labute approximate surface area is 141 Å². The van der Waals surface area contributed by atoms with E-state index in [0.29, 0.717) is 39.6 Å². The highest BCUT2D eigenvalue weighted by atomic mass is 28.3. The Morgan fingerprint density at radius 2 is 0.545 bits per heavy atom. The van der Waals surface area contributed by atoms with Gasteiger partial charge in [0.25, 0.3) is 0 Å². The average molecular weight is 357 g/mol. The van der Waals surface area contributed by atoms with Gasteiger partial charge in [0.05, 0.1) is 0 Å². The minimum absolute atomic E-state index is 0.661. The lowest BCUT2D eigenvalue weighted by atomic mass is 10.9. The third kappa shape index (κ3) is 22.5. The Morgan fingerprint density at radius 3 is 0.636 bits per heavy atom. The van der Waals surface area contributed by atoms with Crippen molar-refractivity contribution in [3.63, 3.8) is 0 Å². The molecule has 8 heteroatoms. The first-order chi connectivity index (χ1) is 10.7. The van der Waals surface area contributed by atoms with E-state index in [1.54, 1.807) is 0 Å². The van der Waals surface area contributed by atoms with Crippen LogP contribution in [0.3, 0.4) is 0 Å². The van der Waals surface area contributed by atoms with Crippen molar-refractivity contribution in [2.45, 2.75) is 55.4 Å². The molecule has 0 aromatic rings. The topological polar surface area (TPSA) is 55.4 Å². The average Bonchev–Trinajstić information content (AvgIpc) is 2.52. The molecule has 0 atom stereocenters. The van der Waals surface area contributed by atoms with Crippen molar-refractivity contribution in [1.29, 1.82) is 0 Å². The Balaban J connectivity index is -0.000000294. The predicted octanol–water partition coefficient (Wildman–Crippen LogP) is 3.19. The van der Waals surface area contributed by atoms with E-state index in [9.17, 15) is 0 Å². The molecule has 0 amide bonds. The zero-order chi connectivity index (χ0) is 17.6. The van der Waals surface area contributed by atoms with Crippen LogP contribution in [0.25, 0.3) is 0 Å². The lowest BCUT2D eigenvalue weighted by Crippen LogP contribution is -2.27. The van der Waals surface area contributed by atoms with Crippen molar-refractivity contribution in [2.24, 2.45) is 0 Å². The molecule has 0 heterocycles. The van der Waals surface area contributed by atoms with Gasteiger partial charge in [0.1, 0.15) is 0 Å². The normalized spacial score (nSPS) is 10.1. The van der Waals surface area contributed by atoms with Crippen LogP contribution in [0.15, 0.2) is 0 Å². The summed E-state index contributed by atoms with van der Waals surface area (Å²) in [6, 6.07) is 0. The van der Waals surface area contributed by atoms with Gasteiger partial charge in [0, 0.05) is 39.6 Å². The summed E-state index contributed by atoms with van der Waals surface area (Å²) in [6.07, 6.45) is 0. The molecule has 0 N–H and O–H groups in total. The standard InChI is InChI=1S/2C6H15O3Si.C2H6/c2*1-4-7-10(8-5-2)9-6-3;1-2/h2*4-6H2,1-3H3;1-2H3. The summed E-state index contributed by atoms with van der Waals surface area (Å²) in [7, 11) is -2.79. The van der Waals surface area contributed by atoms with Crippen molar-refractivity contribution in [2.75, 3.05) is 39.6 Å². The molecule has 0 aliphatic heterocycles. The van der Waals surface area contributed by atoms with Crippen molar-refractivity contribution < 1.29 is 26.6 Å². The summed E-state index contributed by atoms with van der Waals surface area (Å²) in [5.41, 5.74) is 0. The SMILES string of the molecule is CC.CCO[Si](OCC)OCC.CCO[Si](OCC)OCC. The van der Waals surface area contributed by atoms with E-state index in [2.05, 4.69) is 0 Å². The molecule has 0 fully saturated rings. The monoisotopic (exact) mass is 356 g/mol. The van der Waals surface area contributed by atoms with E-state index >= 15 is 0 Å². The molecule has 0 rings (SSSR count). The van der Waals surface area contributed by atoms with Gasteiger partial charge >= 0.3 is 19.1 Å². The summed E-state index contributed by atoms with van der Waals surface area (Å²) in [5, 5.41) is 0. The maximum atomic E-state index is 5.18. The molecule has 0 aliphatic carbocycles. The molecule has 0 unspecified atom stereocenters. The third-order valence-electron chi connectivity index (χ3n) is 1.57. The fourth-order valence-electron chi connectivity index (χ4n) is 0.957. The largest absolute Gasteiger partial charge is 0.577 e. The predicted molar refractivity (Wildman–Crippen MR) is 92.6 cm³/mol. The molecule has 0 spiro atoms. The van der Waals surface area contributed by atoms with Crippen LogP contribution in [-0.2, 0) is 26.6 Å². The van der Waals surface area contributed by atoms with Crippen molar-refractivity contribution >= 4 is 19.1 Å². The van der Waals surface area contributed by atoms with E-state index in [1.807, 2.05) is 55.4 Å². The van der Waals surface area contributed by atoms with Crippen LogP contribution in [-0.4, -0.2) is 58.7 Å². The van der Waals surface area contributed by atoms with Crippen LogP contribution >= 0.6 is 0 Å². The molecule has 6 nitrogen and oxygen atoms in total. The van der Waals surface area contributed by atoms with Gasteiger partial charge in [-0.2, -0.15) is 0 Å². The van der Waals surface area contributed by atoms with E-state index in [0.717, 1.165) is 0 Å². The van der Waals surface area contributed by atoms with Gasteiger partial charge in [-0.15, -0.1) is 0 Å². The Hall–Kier alpha value is 0.194. The lowest BCUT2D eigenvalue weighted by molar-refractivity contribution is 0.106. The smallest absolute Gasteiger partial charge is 0.371 e. The minimum Gasteiger partial charge on any atom is -0.371 e. The lowest BCUT2D eigenvalue weighted by Gasteiger charge is -2.10. The first-order valence-corrected chi connectivity index (χ1v) is 10.6. The summed E-state index contributed by atoms with van der Waals surface area (Å²) >= 11 is 0.